The van der Waals surface area contributed by atoms with Crippen LogP contribution in [0.3, 0.4) is 0 Å². The maximum atomic E-state index is 11.8. The highest BCUT2D eigenvalue weighted by Gasteiger charge is 2.04. The van der Waals surface area contributed by atoms with E-state index in [0.29, 0.717) is 18.7 Å². The summed E-state index contributed by atoms with van der Waals surface area (Å²) in [6.07, 6.45) is 5.51. The van der Waals surface area contributed by atoms with Crippen LogP contribution in [0.5, 0.6) is 0 Å². The van der Waals surface area contributed by atoms with Crippen LogP contribution in [0.4, 0.5) is 0 Å². The van der Waals surface area contributed by atoms with Gasteiger partial charge in [0.15, 0.2) is 0 Å². The second-order valence-electron chi connectivity index (χ2n) is 3.70. The van der Waals surface area contributed by atoms with E-state index in [9.17, 15) is 4.79 Å². The summed E-state index contributed by atoms with van der Waals surface area (Å²) >= 11 is 0. The Morgan fingerprint density at radius 1 is 1.35 bits per heavy atom. The van der Waals surface area contributed by atoms with Gasteiger partial charge in [0.2, 0.25) is 0 Å². The second kappa shape index (κ2) is 5.32. The van der Waals surface area contributed by atoms with E-state index in [1.165, 1.54) is 0 Å². The van der Waals surface area contributed by atoms with Crippen molar-refractivity contribution in [1.82, 2.24) is 10.3 Å². The molecule has 4 N–H and O–H groups in total. The van der Waals surface area contributed by atoms with Crippen LogP contribution in [-0.4, -0.2) is 24.0 Å². The van der Waals surface area contributed by atoms with E-state index in [2.05, 4.69) is 10.3 Å². The summed E-state index contributed by atoms with van der Waals surface area (Å²) in [7, 11) is 0. The molecule has 0 aliphatic carbocycles. The fourth-order valence-electron chi connectivity index (χ4n) is 1.62. The molecule has 1 aromatic heterocycles. The Morgan fingerprint density at radius 3 is 3.06 bits per heavy atom. The lowest BCUT2D eigenvalue weighted by Crippen LogP contribution is -2.23. The summed E-state index contributed by atoms with van der Waals surface area (Å²) < 4.78 is 0. The van der Waals surface area contributed by atoms with Crippen LogP contribution in [0.25, 0.3) is 10.9 Å². The Bertz CT molecular complexity index is 542. The number of carbonyl (C=O) groups excluding carboxylic acids is 1. The summed E-state index contributed by atoms with van der Waals surface area (Å²) in [4.78, 5) is 14.9. The first-order valence-electron chi connectivity index (χ1n) is 5.51. The number of H-pyrrole nitrogens is 1. The van der Waals surface area contributed by atoms with Crippen molar-refractivity contribution < 1.29 is 4.79 Å². The van der Waals surface area contributed by atoms with Crippen molar-refractivity contribution in [2.45, 2.75) is 0 Å². The third-order valence-corrected chi connectivity index (χ3v) is 2.50. The molecule has 0 fully saturated rings. The monoisotopic (exact) mass is 229 g/mol. The zero-order chi connectivity index (χ0) is 12.1. The van der Waals surface area contributed by atoms with Gasteiger partial charge in [0.05, 0.1) is 0 Å². The molecule has 2 rings (SSSR count). The molecule has 4 nitrogen and oxygen atoms in total. The highest BCUT2D eigenvalue weighted by Crippen LogP contribution is 2.13. The van der Waals surface area contributed by atoms with E-state index in [1.54, 1.807) is 0 Å². The SMILES string of the molecule is NC/C=C/CNC(=O)c1ccc2cc[nH]c2c1. The van der Waals surface area contributed by atoms with Crippen molar-refractivity contribution in [2.75, 3.05) is 13.1 Å². The first-order valence-corrected chi connectivity index (χ1v) is 5.51. The van der Waals surface area contributed by atoms with E-state index in [4.69, 9.17) is 5.73 Å². The van der Waals surface area contributed by atoms with Gasteiger partial charge in [-0.1, -0.05) is 18.2 Å². The number of fused-ring (bicyclic) bond motifs is 1. The summed E-state index contributed by atoms with van der Waals surface area (Å²) in [6, 6.07) is 7.56. The molecule has 0 bridgehead atoms. The molecular weight excluding hydrogens is 214 g/mol. The van der Waals surface area contributed by atoms with E-state index >= 15 is 0 Å². The molecule has 17 heavy (non-hydrogen) atoms. The molecule has 88 valence electrons. The molecule has 1 aromatic carbocycles. The fraction of sp³-hybridized carbons (Fsp3) is 0.154. The smallest absolute Gasteiger partial charge is 0.251 e. The molecule has 0 saturated heterocycles. The summed E-state index contributed by atoms with van der Waals surface area (Å²) in [6.45, 7) is 0.989. The molecular formula is C13H15N3O. The van der Waals surface area contributed by atoms with Crippen LogP contribution in [0.1, 0.15) is 10.4 Å². The summed E-state index contributed by atoms with van der Waals surface area (Å²) in [5, 5.41) is 3.90. The maximum absolute atomic E-state index is 11.8. The van der Waals surface area contributed by atoms with Crippen LogP contribution >= 0.6 is 0 Å². The summed E-state index contributed by atoms with van der Waals surface area (Å²) in [5.41, 5.74) is 6.92. The molecule has 0 atom stereocenters. The molecule has 0 aliphatic rings. The minimum absolute atomic E-state index is 0.0804. The topological polar surface area (TPSA) is 70.9 Å². The molecule has 0 spiro atoms. The number of hydrogen-bond donors (Lipinski definition) is 3. The standard InChI is InChI=1S/C13H15N3O/c14-6-1-2-7-16-13(17)11-4-3-10-5-8-15-12(10)9-11/h1-5,8-9,15H,6-7,14H2,(H,16,17)/b2-1+. The highest BCUT2D eigenvalue weighted by atomic mass is 16.1. The largest absolute Gasteiger partial charge is 0.361 e. The number of carbonyl (C=O) groups is 1. The predicted octanol–water partition coefficient (Wildman–Crippen LogP) is 1.41. The van der Waals surface area contributed by atoms with Crippen molar-refractivity contribution in [3.8, 4) is 0 Å². The minimum Gasteiger partial charge on any atom is -0.361 e. The van der Waals surface area contributed by atoms with E-state index in [1.807, 2.05) is 42.6 Å². The first-order chi connectivity index (χ1) is 8.31. The molecule has 4 heteroatoms. The first kappa shape index (κ1) is 11.4. The van der Waals surface area contributed by atoms with Crippen molar-refractivity contribution in [2.24, 2.45) is 5.73 Å². The maximum Gasteiger partial charge on any atom is 0.251 e. The Labute approximate surface area is 99.5 Å². The molecule has 0 aliphatic heterocycles. The zero-order valence-electron chi connectivity index (χ0n) is 9.44. The highest BCUT2D eigenvalue weighted by molar-refractivity contribution is 5.97. The normalized spacial score (nSPS) is 11.1. The Kier molecular flexibility index (Phi) is 3.57. The van der Waals surface area contributed by atoms with Crippen molar-refractivity contribution in [1.29, 1.82) is 0 Å². The minimum atomic E-state index is -0.0804. The van der Waals surface area contributed by atoms with Gasteiger partial charge >= 0.3 is 0 Å². The van der Waals surface area contributed by atoms with Crippen molar-refractivity contribution in [3.63, 3.8) is 0 Å². The Balaban J connectivity index is 2.05. The van der Waals surface area contributed by atoms with Crippen LogP contribution in [0, 0.1) is 0 Å². The van der Waals surface area contributed by atoms with E-state index in [0.717, 1.165) is 10.9 Å². The van der Waals surface area contributed by atoms with Gasteiger partial charge in [-0.15, -0.1) is 0 Å². The van der Waals surface area contributed by atoms with Crippen LogP contribution in [0.2, 0.25) is 0 Å². The van der Waals surface area contributed by atoms with Gasteiger partial charge in [-0.2, -0.15) is 0 Å². The molecule has 0 saturated carbocycles. The number of nitrogens with one attached hydrogen (secondary N) is 2. The number of aromatic nitrogens is 1. The van der Waals surface area contributed by atoms with Gasteiger partial charge in [-0.05, 0) is 23.6 Å². The number of nitrogens with two attached hydrogens (primary N) is 1. The quantitative estimate of drug-likeness (QED) is 0.694. The van der Waals surface area contributed by atoms with Gasteiger partial charge in [0, 0.05) is 30.4 Å². The lowest BCUT2D eigenvalue weighted by atomic mass is 10.1. The second-order valence-corrected chi connectivity index (χ2v) is 3.70. The number of amides is 1. The van der Waals surface area contributed by atoms with Gasteiger partial charge in [-0.25, -0.2) is 0 Å². The van der Waals surface area contributed by atoms with Gasteiger partial charge in [0.1, 0.15) is 0 Å². The van der Waals surface area contributed by atoms with Gasteiger partial charge in [0.25, 0.3) is 5.91 Å². The average Bonchev–Trinajstić information content (AvgIpc) is 2.81. The van der Waals surface area contributed by atoms with Crippen LogP contribution < -0.4 is 11.1 Å². The molecule has 1 heterocycles. The van der Waals surface area contributed by atoms with Crippen molar-refractivity contribution in [3.05, 3.63) is 48.2 Å². The third kappa shape index (κ3) is 2.73. The van der Waals surface area contributed by atoms with Crippen LogP contribution in [-0.2, 0) is 0 Å². The van der Waals surface area contributed by atoms with E-state index < -0.39 is 0 Å². The molecule has 2 aromatic rings. The predicted molar refractivity (Wildman–Crippen MR) is 68.8 cm³/mol. The molecule has 0 unspecified atom stereocenters. The Morgan fingerprint density at radius 2 is 2.24 bits per heavy atom. The molecule has 0 radical (unpaired) electrons. The number of hydrogen-bond acceptors (Lipinski definition) is 2. The average molecular weight is 229 g/mol. The lowest BCUT2D eigenvalue weighted by Gasteiger charge is -2.02. The Hall–Kier alpha value is -2.07. The van der Waals surface area contributed by atoms with E-state index in [-0.39, 0.29) is 5.91 Å². The van der Waals surface area contributed by atoms with Crippen molar-refractivity contribution >= 4 is 16.8 Å². The van der Waals surface area contributed by atoms with Crippen LogP contribution in [0.15, 0.2) is 42.6 Å². The lowest BCUT2D eigenvalue weighted by molar-refractivity contribution is 0.0958. The van der Waals surface area contributed by atoms with Gasteiger partial charge < -0.3 is 16.0 Å². The number of benzene rings is 1. The fourth-order valence-corrected chi connectivity index (χ4v) is 1.62. The van der Waals surface area contributed by atoms with Gasteiger partial charge in [-0.3, -0.25) is 4.79 Å². The summed E-state index contributed by atoms with van der Waals surface area (Å²) in [5.74, 6) is -0.0804. The number of aromatic amines is 1. The third-order valence-electron chi connectivity index (χ3n) is 2.50. The molecule has 1 amide bonds. The zero-order valence-corrected chi connectivity index (χ0v) is 9.44. The number of rotatable bonds is 4.